The van der Waals surface area contributed by atoms with E-state index in [1.165, 1.54) is 0 Å². The third kappa shape index (κ3) is 3.70. The average Bonchev–Trinajstić information content (AvgIpc) is 2.98. The number of hydrogen-bond acceptors (Lipinski definition) is 4. The van der Waals surface area contributed by atoms with Gasteiger partial charge in [0.25, 0.3) is 5.91 Å². The number of aromatic nitrogens is 1. The molecule has 5 nitrogen and oxygen atoms in total. The van der Waals surface area contributed by atoms with Crippen LogP contribution < -0.4 is 0 Å². The highest BCUT2D eigenvalue weighted by atomic mass is 16.5. The molecule has 1 aromatic heterocycles. The van der Waals surface area contributed by atoms with Gasteiger partial charge in [-0.1, -0.05) is 35.5 Å². The van der Waals surface area contributed by atoms with Crippen LogP contribution in [0, 0.1) is 0 Å². The maximum absolute atomic E-state index is 12.5. The molecule has 0 atom stereocenters. The van der Waals surface area contributed by atoms with Gasteiger partial charge in [-0.2, -0.15) is 0 Å². The van der Waals surface area contributed by atoms with Gasteiger partial charge in [-0.15, -0.1) is 0 Å². The Bertz CT molecular complexity index is 578. The maximum Gasteiger partial charge on any atom is 0.276 e. The zero-order valence-electron chi connectivity index (χ0n) is 12.3. The van der Waals surface area contributed by atoms with Gasteiger partial charge in [0.05, 0.1) is 0 Å². The lowest BCUT2D eigenvalue weighted by Crippen LogP contribution is -2.38. The summed E-state index contributed by atoms with van der Waals surface area (Å²) >= 11 is 0. The number of benzene rings is 1. The zero-order valence-corrected chi connectivity index (χ0v) is 12.3. The summed E-state index contributed by atoms with van der Waals surface area (Å²) in [6.45, 7) is 4.44. The van der Waals surface area contributed by atoms with Crippen molar-refractivity contribution in [2.45, 2.75) is 26.3 Å². The smallest absolute Gasteiger partial charge is 0.276 e. The monoisotopic (exact) mass is 288 g/mol. The first-order valence-electron chi connectivity index (χ1n) is 7.07. The van der Waals surface area contributed by atoms with Gasteiger partial charge in [-0.05, 0) is 20.3 Å². The fraction of sp³-hybridized carbons (Fsp3) is 0.375. The molecule has 21 heavy (non-hydrogen) atoms. The predicted molar refractivity (Wildman–Crippen MR) is 79.8 cm³/mol. The highest BCUT2D eigenvalue weighted by Crippen LogP contribution is 2.20. The van der Waals surface area contributed by atoms with Crippen molar-refractivity contribution in [3.63, 3.8) is 0 Å². The molecule has 0 saturated heterocycles. The molecule has 5 heteroatoms. The molecule has 2 rings (SSSR count). The van der Waals surface area contributed by atoms with E-state index in [1.54, 1.807) is 11.0 Å². The Morgan fingerprint density at radius 2 is 2.05 bits per heavy atom. The molecular weight excluding hydrogens is 268 g/mol. The molecule has 0 saturated carbocycles. The SMILES string of the molecule is CC(C)N(CCCO)C(=O)c1cc(-c2ccccc2)on1. The van der Waals surface area contributed by atoms with Crippen molar-refractivity contribution in [3.05, 3.63) is 42.1 Å². The van der Waals surface area contributed by atoms with E-state index in [9.17, 15) is 4.79 Å². The van der Waals surface area contributed by atoms with Crippen LogP contribution >= 0.6 is 0 Å². The van der Waals surface area contributed by atoms with Crippen molar-refractivity contribution in [2.24, 2.45) is 0 Å². The fourth-order valence-electron chi connectivity index (χ4n) is 2.10. The lowest BCUT2D eigenvalue weighted by Gasteiger charge is -2.25. The van der Waals surface area contributed by atoms with E-state index in [-0.39, 0.29) is 18.6 Å². The van der Waals surface area contributed by atoms with Crippen molar-refractivity contribution in [1.82, 2.24) is 10.1 Å². The molecule has 0 aliphatic carbocycles. The van der Waals surface area contributed by atoms with E-state index in [0.717, 1.165) is 5.56 Å². The predicted octanol–water partition coefficient (Wildman–Crippen LogP) is 2.57. The summed E-state index contributed by atoms with van der Waals surface area (Å²) < 4.78 is 5.26. The summed E-state index contributed by atoms with van der Waals surface area (Å²) in [5.74, 6) is 0.397. The van der Waals surface area contributed by atoms with Crippen LogP contribution in [0.15, 0.2) is 40.9 Å². The number of carbonyl (C=O) groups is 1. The van der Waals surface area contributed by atoms with Gasteiger partial charge in [-0.25, -0.2) is 0 Å². The Kier molecular flexibility index (Phi) is 5.11. The molecule has 0 spiro atoms. The van der Waals surface area contributed by atoms with E-state index in [2.05, 4.69) is 5.16 Å². The molecule has 0 aliphatic heterocycles. The van der Waals surface area contributed by atoms with E-state index < -0.39 is 0 Å². The van der Waals surface area contributed by atoms with Gasteiger partial charge in [-0.3, -0.25) is 4.79 Å². The standard InChI is InChI=1S/C16H20N2O3/c1-12(2)18(9-6-10-19)16(20)14-11-15(21-17-14)13-7-4-3-5-8-13/h3-5,7-8,11-12,19H,6,9-10H2,1-2H3. The Hall–Kier alpha value is -2.14. The van der Waals surface area contributed by atoms with Crippen molar-refractivity contribution in [2.75, 3.05) is 13.2 Å². The second kappa shape index (κ2) is 7.04. The first-order valence-corrected chi connectivity index (χ1v) is 7.07. The third-order valence-corrected chi connectivity index (χ3v) is 3.23. The molecule has 0 bridgehead atoms. The number of amides is 1. The zero-order chi connectivity index (χ0) is 15.2. The number of carbonyl (C=O) groups excluding carboxylic acids is 1. The number of aliphatic hydroxyl groups excluding tert-OH is 1. The number of aliphatic hydroxyl groups is 1. The molecule has 0 fully saturated rings. The summed E-state index contributed by atoms with van der Waals surface area (Å²) in [5.41, 5.74) is 1.18. The summed E-state index contributed by atoms with van der Waals surface area (Å²) in [6.07, 6.45) is 0.549. The van der Waals surface area contributed by atoms with Crippen LogP contribution in [0.2, 0.25) is 0 Å². The molecule has 1 heterocycles. The summed E-state index contributed by atoms with van der Waals surface area (Å²) in [5, 5.41) is 12.8. The molecule has 112 valence electrons. The summed E-state index contributed by atoms with van der Waals surface area (Å²) in [4.78, 5) is 14.1. The molecule has 0 radical (unpaired) electrons. The van der Waals surface area contributed by atoms with E-state index in [0.29, 0.717) is 24.4 Å². The van der Waals surface area contributed by atoms with Crippen LogP contribution in [-0.4, -0.2) is 40.3 Å². The first-order chi connectivity index (χ1) is 10.1. The summed E-state index contributed by atoms with van der Waals surface area (Å²) in [6, 6.07) is 11.2. The average molecular weight is 288 g/mol. The number of nitrogens with zero attached hydrogens (tertiary/aromatic N) is 2. The van der Waals surface area contributed by atoms with E-state index in [4.69, 9.17) is 9.63 Å². The Morgan fingerprint density at radius 3 is 2.67 bits per heavy atom. The van der Waals surface area contributed by atoms with E-state index in [1.807, 2.05) is 44.2 Å². The van der Waals surface area contributed by atoms with Crippen LogP contribution in [0.1, 0.15) is 30.8 Å². The van der Waals surface area contributed by atoms with Crippen LogP contribution in [-0.2, 0) is 0 Å². The van der Waals surface area contributed by atoms with Gasteiger partial charge in [0.15, 0.2) is 11.5 Å². The van der Waals surface area contributed by atoms with Gasteiger partial charge in [0.1, 0.15) is 0 Å². The normalized spacial score (nSPS) is 10.9. The quantitative estimate of drug-likeness (QED) is 0.887. The highest BCUT2D eigenvalue weighted by molar-refractivity contribution is 5.93. The molecular formula is C16H20N2O3. The Balaban J connectivity index is 2.17. The molecule has 1 aromatic carbocycles. The van der Waals surface area contributed by atoms with Gasteiger partial charge < -0.3 is 14.5 Å². The Morgan fingerprint density at radius 1 is 1.33 bits per heavy atom. The van der Waals surface area contributed by atoms with Gasteiger partial charge in [0, 0.05) is 30.8 Å². The third-order valence-electron chi connectivity index (χ3n) is 3.23. The largest absolute Gasteiger partial charge is 0.396 e. The number of hydrogen-bond donors (Lipinski definition) is 1. The van der Waals surface area contributed by atoms with Gasteiger partial charge >= 0.3 is 0 Å². The van der Waals surface area contributed by atoms with Crippen molar-refractivity contribution in [3.8, 4) is 11.3 Å². The molecule has 2 aromatic rings. The van der Waals surface area contributed by atoms with Crippen LogP contribution in [0.5, 0.6) is 0 Å². The summed E-state index contributed by atoms with van der Waals surface area (Å²) in [7, 11) is 0. The van der Waals surface area contributed by atoms with Gasteiger partial charge in [0.2, 0.25) is 0 Å². The minimum atomic E-state index is -0.176. The maximum atomic E-state index is 12.5. The topological polar surface area (TPSA) is 66.6 Å². The van der Waals surface area contributed by atoms with Crippen LogP contribution in [0.3, 0.4) is 0 Å². The second-order valence-corrected chi connectivity index (χ2v) is 5.11. The molecule has 0 unspecified atom stereocenters. The van der Waals surface area contributed by atoms with Crippen molar-refractivity contribution in [1.29, 1.82) is 0 Å². The molecule has 1 N–H and O–H groups in total. The fourth-order valence-corrected chi connectivity index (χ4v) is 2.10. The lowest BCUT2D eigenvalue weighted by atomic mass is 10.1. The molecule has 1 amide bonds. The second-order valence-electron chi connectivity index (χ2n) is 5.11. The minimum absolute atomic E-state index is 0.0425. The Labute approximate surface area is 124 Å². The van der Waals surface area contributed by atoms with Crippen molar-refractivity contribution < 1.29 is 14.4 Å². The van der Waals surface area contributed by atoms with E-state index >= 15 is 0 Å². The number of rotatable bonds is 6. The highest BCUT2D eigenvalue weighted by Gasteiger charge is 2.22. The minimum Gasteiger partial charge on any atom is -0.396 e. The lowest BCUT2D eigenvalue weighted by molar-refractivity contribution is 0.0682. The van der Waals surface area contributed by atoms with Crippen LogP contribution in [0.4, 0.5) is 0 Å². The first kappa shape index (κ1) is 15.3. The van der Waals surface area contributed by atoms with Crippen LogP contribution in [0.25, 0.3) is 11.3 Å². The van der Waals surface area contributed by atoms with Crippen molar-refractivity contribution >= 4 is 5.91 Å². The molecule has 0 aliphatic rings.